The van der Waals surface area contributed by atoms with Gasteiger partial charge in [-0.15, -0.1) is 11.3 Å². The Morgan fingerprint density at radius 2 is 1.49 bits per heavy atom. The molecule has 1 aliphatic rings. The molecular formula is C31H37N3O6S. The van der Waals surface area contributed by atoms with E-state index in [9.17, 15) is 14.4 Å². The van der Waals surface area contributed by atoms with Gasteiger partial charge in [-0.3, -0.25) is 14.6 Å². The van der Waals surface area contributed by atoms with Crippen molar-refractivity contribution < 1.29 is 28.6 Å². The number of esters is 2. The van der Waals surface area contributed by atoms with Crippen molar-refractivity contribution in [3.63, 3.8) is 0 Å². The fourth-order valence-electron chi connectivity index (χ4n) is 4.96. The summed E-state index contributed by atoms with van der Waals surface area (Å²) in [6.07, 6.45) is 0. The Hall–Kier alpha value is -3.57. The lowest BCUT2D eigenvalue weighted by molar-refractivity contribution is -0.117. The van der Waals surface area contributed by atoms with Crippen molar-refractivity contribution in [1.82, 2.24) is 9.80 Å². The first-order chi connectivity index (χ1) is 19.9. The Labute approximate surface area is 245 Å². The molecule has 9 nitrogen and oxygen atoms in total. The molecule has 0 bridgehead atoms. The van der Waals surface area contributed by atoms with E-state index >= 15 is 0 Å². The molecule has 218 valence electrons. The van der Waals surface area contributed by atoms with Crippen molar-refractivity contribution in [2.45, 2.75) is 19.9 Å². The average Bonchev–Trinajstić information content (AvgIpc) is 3.30. The smallest absolute Gasteiger partial charge is 0.348 e. The van der Waals surface area contributed by atoms with Crippen molar-refractivity contribution in [3.8, 4) is 0 Å². The van der Waals surface area contributed by atoms with E-state index in [1.54, 1.807) is 13.8 Å². The molecule has 1 saturated heterocycles. The van der Waals surface area contributed by atoms with Gasteiger partial charge in [0.2, 0.25) is 5.91 Å². The molecule has 1 N–H and O–H groups in total. The summed E-state index contributed by atoms with van der Waals surface area (Å²) in [7, 11) is 1.52. The number of amides is 1. The van der Waals surface area contributed by atoms with Gasteiger partial charge in [-0.1, -0.05) is 60.7 Å². The topological polar surface area (TPSA) is 97.4 Å². The Kier molecular flexibility index (Phi) is 11.0. The minimum absolute atomic E-state index is 0.0878. The maximum Gasteiger partial charge on any atom is 0.348 e. The van der Waals surface area contributed by atoms with Gasteiger partial charge >= 0.3 is 11.9 Å². The third-order valence-electron chi connectivity index (χ3n) is 6.96. The summed E-state index contributed by atoms with van der Waals surface area (Å²) >= 11 is 1.02. The number of rotatable bonds is 12. The third kappa shape index (κ3) is 7.80. The molecule has 2 heterocycles. The minimum Gasteiger partial charge on any atom is -0.462 e. The summed E-state index contributed by atoms with van der Waals surface area (Å²) < 4.78 is 15.4. The zero-order chi connectivity index (χ0) is 29.2. The molecule has 0 spiro atoms. The number of carbonyl (C=O) groups excluding carboxylic acids is 3. The van der Waals surface area contributed by atoms with Crippen LogP contribution in [-0.4, -0.2) is 87.3 Å². The van der Waals surface area contributed by atoms with Gasteiger partial charge < -0.3 is 19.5 Å². The normalized spacial score (nSPS) is 14.1. The van der Waals surface area contributed by atoms with E-state index in [2.05, 4.69) is 63.6 Å². The van der Waals surface area contributed by atoms with Crippen LogP contribution in [0.4, 0.5) is 5.00 Å². The predicted molar refractivity (Wildman–Crippen MR) is 159 cm³/mol. The van der Waals surface area contributed by atoms with Crippen LogP contribution in [0.1, 0.15) is 49.7 Å². The Bertz CT molecular complexity index is 1270. The summed E-state index contributed by atoms with van der Waals surface area (Å²) in [4.78, 5) is 43.3. The van der Waals surface area contributed by atoms with Gasteiger partial charge in [-0.2, -0.15) is 0 Å². The molecule has 1 fully saturated rings. The number of methoxy groups -OCH3 is 1. The van der Waals surface area contributed by atoms with Crippen LogP contribution in [0.5, 0.6) is 0 Å². The Morgan fingerprint density at radius 3 is 2.05 bits per heavy atom. The van der Waals surface area contributed by atoms with Crippen molar-refractivity contribution in [2.75, 3.05) is 65.0 Å². The number of piperazine rings is 1. The van der Waals surface area contributed by atoms with Gasteiger partial charge in [0.05, 0.1) is 31.4 Å². The van der Waals surface area contributed by atoms with Gasteiger partial charge in [0.1, 0.15) is 16.5 Å². The highest BCUT2D eigenvalue weighted by atomic mass is 32.1. The minimum atomic E-state index is -0.589. The SMILES string of the molecule is CCOC(=O)c1c(NC(=O)CN2CCN(C(c3ccccc3)c3ccccc3)CC2)sc(C(=O)OCCOC)c1C. The average molecular weight is 580 g/mol. The second kappa shape index (κ2) is 14.9. The number of hydrogen-bond acceptors (Lipinski definition) is 9. The summed E-state index contributed by atoms with van der Waals surface area (Å²) in [6.45, 7) is 7.08. The molecular weight excluding hydrogens is 542 g/mol. The van der Waals surface area contributed by atoms with E-state index in [0.29, 0.717) is 5.56 Å². The molecule has 0 aliphatic carbocycles. The first kappa shape index (κ1) is 30.4. The fourth-order valence-corrected chi connectivity index (χ4v) is 6.07. The fraction of sp³-hybridized carbons (Fsp3) is 0.387. The largest absolute Gasteiger partial charge is 0.462 e. The van der Waals surface area contributed by atoms with E-state index in [4.69, 9.17) is 14.2 Å². The molecule has 0 saturated carbocycles. The van der Waals surface area contributed by atoms with Crippen molar-refractivity contribution >= 4 is 34.2 Å². The van der Waals surface area contributed by atoms with Gasteiger partial charge in [0.25, 0.3) is 0 Å². The van der Waals surface area contributed by atoms with Gasteiger partial charge in [-0.05, 0) is 30.5 Å². The van der Waals surface area contributed by atoms with Crippen LogP contribution in [-0.2, 0) is 19.0 Å². The third-order valence-corrected chi connectivity index (χ3v) is 8.14. The van der Waals surface area contributed by atoms with Crippen LogP contribution in [0.25, 0.3) is 0 Å². The number of thiophene rings is 1. The van der Waals surface area contributed by atoms with Crippen molar-refractivity contribution in [2.24, 2.45) is 0 Å². The number of carbonyl (C=O) groups is 3. The van der Waals surface area contributed by atoms with Gasteiger partial charge in [-0.25, -0.2) is 9.59 Å². The van der Waals surface area contributed by atoms with Crippen LogP contribution >= 0.6 is 11.3 Å². The lowest BCUT2D eigenvalue weighted by Gasteiger charge is -2.39. The number of hydrogen-bond donors (Lipinski definition) is 1. The predicted octanol–water partition coefficient (Wildman–Crippen LogP) is 4.38. The van der Waals surface area contributed by atoms with Crippen LogP contribution in [0.15, 0.2) is 60.7 Å². The maximum atomic E-state index is 13.1. The van der Waals surface area contributed by atoms with Crippen molar-refractivity contribution in [1.29, 1.82) is 0 Å². The van der Waals surface area contributed by atoms with E-state index in [1.807, 2.05) is 12.1 Å². The number of anilines is 1. The first-order valence-corrected chi connectivity index (χ1v) is 14.6. The lowest BCUT2D eigenvalue weighted by Crippen LogP contribution is -2.49. The van der Waals surface area contributed by atoms with Crippen LogP contribution in [0.2, 0.25) is 0 Å². The number of nitrogens with zero attached hydrogens (tertiary/aromatic N) is 2. The molecule has 1 aromatic heterocycles. The molecule has 4 rings (SSSR count). The molecule has 10 heteroatoms. The monoisotopic (exact) mass is 579 g/mol. The Morgan fingerprint density at radius 1 is 0.878 bits per heavy atom. The molecule has 0 radical (unpaired) electrons. The van der Waals surface area contributed by atoms with E-state index in [0.717, 1.165) is 37.5 Å². The maximum absolute atomic E-state index is 13.1. The molecule has 0 unspecified atom stereocenters. The number of ether oxygens (including phenoxy) is 3. The molecule has 2 aromatic carbocycles. The quantitative estimate of drug-likeness (QED) is 0.249. The highest BCUT2D eigenvalue weighted by Gasteiger charge is 2.30. The van der Waals surface area contributed by atoms with E-state index in [1.165, 1.54) is 18.2 Å². The molecule has 1 amide bonds. The van der Waals surface area contributed by atoms with Gasteiger partial charge in [0.15, 0.2) is 0 Å². The number of benzene rings is 2. The molecule has 0 atom stereocenters. The van der Waals surface area contributed by atoms with Crippen LogP contribution < -0.4 is 5.32 Å². The van der Waals surface area contributed by atoms with Crippen LogP contribution in [0.3, 0.4) is 0 Å². The van der Waals surface area contributed by atoms with E-state index < -0.39 is 11.9 Å². The standard InChI is InChI=1S/C31H37N3O6S/c1-4-39-30(36)26-22(2)28(31(37)40-20-19-38-3)41-29(26)32-25(35)21-33-15-17-34(18-16-33)27(23-11-7-5-8-12-23)24-13-9-6-10-14-24/h5-14,27H,4,15-21H2,1-3H3,(H,32,35). The summed E-state index contributed by atoms with van der Waals surface area (Å²) in [5.74, 6) is -1.42. The molecule has 1 aliphatic heterocycles. The zero-order valence-corrected chi connectivity index (χ0v) is 24.6. The second-order valence-electron chi connectivity index (χ2n) is 9.69. The second-order valence-corrected chi connectivity index (χ2v) is 10.7. The van der Waals surface area contributed by atoms with Crippen LogP contribution in [0, 0.1) is 6.92 Å². The highest BCUT2D eigenvalue weighted by Crippen LogP contribution is 2.34. The summed E-state index contributed by atoms with van der Waals surface area (Å²) in [5, 5.41) is 3.15. The van der Waals surface area contributed by atoms with Gasteiger partial charge in [0, 0.05) is 33.3 Å². The molecule has 41 heavy (non-hydrogen) atoms. The Balaban J connectivity index is 1.42. The zero-order valence-electron chi connectivity index (χ0n) is 23.8. The highest BCUT2D eigenvalue weighted by molar-refractivity contribution is 7.18. The first-order valence-electron chi connectivity index (χ1n) is 13.8. The molecule has 3 aromatic rings. The lowest BCUT2D eigenvalue weighted by atomic mass is 9.96. The van der Waals surface area contributed by atoms with E-state index in [-0.39, 0.29) is 53.8 Å². The number of nitrogens with one attached hydrogen (secondary N) is 1. The summed E-state index contributed by atoms with van der Waals surface area (Å²) in [6, 6.07) is 21.1. The summed E-state index contributed by atoms with van der Waals surface area (Å²) in [5.41, 5.74) is 3.08. The van der Waals surface area contributed by atoms with Crippen molar-refractivity contribution in [3.05, 3.63) is 87.8 Å².